The molecule has 1 aromatic carbocycles. The van der Waals surface area contributed by atoms with Gasteiger partial charge in [0.25, 0.3) is 5.91 Å². The third-order valence-electron chi connectivity index (χ3n) is 2.96. The van der Waals surface area contributed by atoms with Gasteiger partial charge in [0.2, 0.25) is 0 Å². The number of halogens is 1. The van der Waals surface area contributed by atoms with Crippen molar-refractivity contribution in [1.29, 1.82) is 0 Å². The number of nitrogens with one attached hydrogen (secondary N) is 1. The van der Waals surface area contributed by atoms with Crippen LogP contribution in [0.4, 0.5) is 0 Å². The molecule has 1 aliphatic rings. The first-order valence-electron chi connectivity index (χ1n) is 5.85. The summed E-state index contributed by atoms with van der Waals surface area (Å²) in [6.45, 7) is 2.04. The quantitative estimate of drug-likeness (QED) is 0.805. The molecular formula is C13H16ClNOS. The summed E-state index contributed by atoms with van der Waals surface area (Å²) in [6, 6.07) is 5.37. The van der Waals surface area contributed by atoms with E-state index in [4.69, 9.17) is 11.6 Å². The first kappa shape index (κ1) is 12.8. The maximum absolute atomic E-state index is 12.0. The van der Waals surface area contributed by atoms with E-state index < -0.39 is 0 Å². The van der Waals surface area contributed by atoms with Gasteiger partial charge in [0.05, 0.1) is 10.6 Å². The molecule has 1 amide bonds. The lowest BCUT2D eigenvalue weighted by atomic mass is 10.1. The van der Waals surface area contributed by atoms with Crippen LogP contribution in [0, 0.1) is 5.92 Å². The minimum Gasteiger partial charge on any atom is -0.350 e. The number of carbonyl (C=O) groups excluding carboxylic acids is 1. The van der Waals surface area contributed by atoms with Crippen LogP contribution in [0.2, 0.25) is 5.02 Å². The van der Waals surface area contributed by atoms with Crippen LogP contribution < -0.4 is 5.32 Å². The Balaban J connectivity index is 2.00. The third-order valence-corrected chi connectivity index (χ3v) is 3.56. The molecule has 0 aliphatic heterocycles. The second-order valence-electron chi connectivity index (χ2n) is 4.72. The Hall–Kier alpha value is -0.670. The van der Waals surface area contributed by atoms with Gasteiger partial charge in [0.15, 0.2) is 0 Å². The van der Waals surface area contributed by atoms with Crippen molar-refractivity contribution in [2.24, 2.45) is 5.92 Å². The molecule has 2 rings (SSSR count). The predicted molar refractivity (Wildman–Crippen MR) is 73.0 cm³/mol. The van der Waals surface area contributed by atoms with Gasteiger partial charge in [0, 0.05) is 10.9 Å². The minimum absolute atomic E-state index is 0.112. The number of thiol groups is 1. The summed E-state index contributed by atoms with van der Waals surface area (Å²) >= 11 is 10.2. The highest BCUT2D eigenvalue weighted by atomic mass is 35.5. The summed E-state index contributed by atoms with van der Waals surface area (Å²) < 4.78 is 0. The average molecular weight is 270 g/mol. The lowest BCUT2D eigenvalue weighted by Crippen LogP contribution is -2.33. The van der Waals surface area contributed by atoms with Gasteiger partial charge in [-0.2, -0.15) is 0 Å². The van der Waals surface area contributed by atoms with E-state index in [2.05, 4.69) is 17.9 Å². The fourth-order valence-corrected chi connectivity index (χ4v) is 2.31. The van der Waals surface area contributed by atoms with Gasteiger partial charge < -0.3 is 5.32 Å². The second kappa shape index (κ2) is 5.32. The van der Waals surface area contributed by atoms with Crippen molar-refractivity contribution in [3.8, 4) is 0 Å². The topological polar surface area (TPSA) is 29.1 Å². The maximum atomic E-state index is 12.0. The van der Waals surface area contributed by atoms with Crippen LogP contribution in [-0.2, 0) is 0 Å². The molecule has 0 aromatic heterocycles. The molecule has 2 nitrogen and oxygen atoms in total. The molecule has 0 radical (unpaired) electrons. The van der Waals surface area contributed by atoms with Crippen LogP contribution in [-0.4, -0.2) is 11.9 Å². The molecule has 0 bridgehead atoms. The van der Waals surface area contributed by atoms with Crippen molar-refractivity contribution in [2.45, 2.75) is 37.1 Å². The van der Waals surface area contributed by atoms with Crippen molar-refractivity contribution in [2.75, 3.05) is 0 Å². The molecule has 4 heteroatoms. The van der Waals surface area contributed by atoms with E-state index in [0.717, 1.165) is 17.2 Å². The normalized spacial score (nSPS) is 16.6. The molecule has 1 saturated carbocycles. The van der Waals surface area contributed by atoms with Crippen LogP contribution in [0.25, 0.3) is 0 Å². The van der Waals surface area contributed by atoms with E-state index in [0.29, 0.717) is 10.6 Å². The molecule has 0 spiro atoms. The highest BCUT2D eigenvalue weighted by Gasteiger charge is 2.24. The number of hydrogen-bond donors (Lipinski definition) is 2. The van der Waals surface area contributed by atoms with Crippen molar-refractivity contribution < 1.29 is 4.79 Å². The zero-order valence-electron chi connectivity index (χ0n) is 9.74. The van der Waals surface area contributed by atoms with E-state index in [9.17, 15) is 4.79 Å². The van der Waals surface area contributed by atoms with Crippen molar-refractivity contribution in [1.82, 2.24) is 5.32 Å². The van der Waals surface area contributed by atoms with E-state index >= 15 is 0 Å². The molecule has 0 heterocycles. The van der Waals surface area contributed by atoms with Gasteiger partial charge in [-0.25, -0.2) is 0 Å². The maximum Gasteiger partial charge on any atom is 0.253 e. The van der Waals surface area contributed by atoms with Crippen LogP contribution in [0.3, 0.4) is 0 Å². The fourth-order valence-electron chi connectivity index (χ4n) is 1.90. The highest BCUT2D eigenvalue weighted by Crippen LogP contribution is 2.33. The second-order valence-corrected chi connectivity index (χ2v) is 5.64. The Morgan fingerprint density at radius 3 is 2.94 bits per heavy atom. The number of benzene rings is 1. The van der Waals surface area contributed by atoms with Crippen molar-refractivity contribution in [3.05, 3.63) is 28.8 Å². The Morgan fingerprint density at radius 1 is 1.59 bits per heavy atom. The van der Waals surface area contributed by atoms with Crippen LogP contribution in [0.15, 0.2) is 23.1 Å². The van der Waals surface area contributed by atoms with Gasteiger partial charge in [0.1, 0.15) is 0 Å². The summed E-state index contributed by atoms with van der Waals surface area (Å²) in [5.74, 6) is 0.691. The number of hydrogen-bond acceptors (Lipinski definition) is 2. The molecule has 1 N–H and O–H groups in total. The molecule has 1 aliphatic carbocycles. The van der Waals surface area contributed by atoms with Gasteiger partial charge in [-0.05, 0) is 37.5 Å². The molecule has 1 aromatic rings. The highest BCUT2D eigenvalue weighted by molar-refractivity contribution is 7.80. The van der Waals surface area contributed by atoms with Gasteiger partial charge in [-0.3, -0.25) is 4.79 Å². The zero-order valence-corrected chi connectivity index (χ0v) is 11.4. The van der Waals surface area contributed by atoms with E-state index in [1.165, 1.54) is 12.8 Å². The number of rotatable bonds is 4. The van der Waals surface area contributed by atoms with Gasteiger partial charge in [-0.15, -0.1) is 12.6 Å². The van der Waals surface area contributed by atoms with Gasteiger partial charge in [-0.1, -0.05) is 24.4 Å². The molecule has 1 fully saturated rings. The van der Waals surface area contributed by atoms with Crippen molar-refractivity contribution in [3.63, 3.8) is 0 Å². The zero-order chi connectivity index (χ0) is 12.4. The smallest absolute Gasteiger partial charge is 0.253 e. The average Bonchev–Trinajstić information content (AvgIpc) is 3.05. The fraction of sp³-hybridized carbons (Fsp3) is 0.462. The summed E-state index contributed by atoms with van der Waals surface area (Å²) in [6.07, 6.45) is 3.66. The Labute approximate surface area is 112 Å². The van der Waals surface area contributed by atoms with Crippen LogP contribution in [0.1, 0.15) is 36.5 Å². The summed E-state index contributed by atoms with van der Waals surface area (Å²) in [4.78, 5) is 12.7. The van der Waals surface area contributed by atoms with E-state index in [-0.39, 0.29) is 11.9 Å². The summed E-state index contributed by atoms with van der Waals surface area (Å²) in [7, 11) is 0. The number of carbonyl (C=O) groups is 1. The lowest BCUT2D eigenvalue weighted by molar-refractivity contribution is 0.0937. The SMILES string of the molecule is CC(CC1CC1)NC(=O)c1cc(S)ccc1Cl. The third kappa shape index (κ3) is 3.65. The Bertz CT molecular complexity index is 431. The Morgan fingerprint density at radius 2 is 2.29 bits per heavy atom. The largest absolute Gasteiger partial charge is 0.350 e. The minimum atomic E-state index is -0.112. The lowest BCUT2D eigenvalue weighted by Gasteiger charge is -2.14. The van der Waals surface area contributed by atoms with Crippen LogP contribution >= 0.6 is 24.2 Å². The summed E-state index contributed by atoms with van der Waals surface area (Å²) in [5, 5.41) is 3.45. The predicted octanol–water partition coefficient (Wildman–Crippen LogP) is 3.55. The van der Waals surface area contributed by atoms with Gasteiger partial charge >= 0.3 is 0 Å². The van der Waals surface area contributed by atoms with E-state index in [1.54, 1.807) is 18.2 Å². The molecule has 92 valence electrons. The van der Waals surface area contributed by atoms with E-state index in [1.807, 2.05) is 6.92 Å². The first-order valence-corrected chi connectivity index (χ1v) is 6.68. The summed E-state index contributed by atoms with van der Waals surface area (Å²) in [5.41, 5.74) is 0.502. The number of amides is 1. The standard InChI is InChI=1S/C13H16ClNOS/c1-8(6-9-2-3-9)15-13(16)11-7-10(17)4-5-12(11)14/h4-5,7-9,17H,2-3,6H2,1H3,(H,15,16). The first-order chi connectivity index (χ1) is 8.06. The molecule has 0 saturated heterocycles. The molecule has 1 atom stereocenters. The monoisotopic (exact) mass is 269 g/mol. The molecular weight excluding hydrogens is 254 g/mol. The molecule has 1 unspecified atom stereocenters. The molecule has 17 heavy (non-hydrogen) atoms. The van der Waals surface area contributed by atoms with Crippen LogP contribution in [0.5, 0.6) is 0 Å². The van der Waals surface area contributed by atoms with Crippen molar-refractivity contribution >= 4 is 30.1 Å². The Kier molecular flexibility index (Phi) is 4.00.